The summed E-state index contributed by atoms with van der Waals surface area (Å²) in [7, 11) is 0. The van der Waals surface area contributed by atoms with E-state index in [0.29, 0.717) is 12.1 Å². The highest BCUT2D eigenvalue weighted by molar-refractivity contribution is 7.08. The number of carbonyl (C=O) groups excluding carboxylic acids is 2. The van der Waals surface area contributed by atoms with Gasteiger partial charge in [0.05, 0.1) is 6.04 Å². The van der Waals surface area contributed by atoms with Crippen molar-refractivity contribution in [3.05, 3.63) is 52.0 Å². The normalized spacial score (nSPS) is 15.6. The molecule has 0 aliphatic carbocycles. The topological polar surface area (TPSA) is 61.4 Å². The van der Waals surface area contributed by atoms with Crippen molar-refractivity contribution in [2.24, 2.45) is 0 Å². The Morgan fingerprint density at radius 2 is 2.00 bits per heavy atom. The zero-order valence-electron chi connectivity index (χ0n) is 14.6. The van der Waals surface area contributed by atoms with Crippen molar-refractivity contribution < 1.29 is 14.0 Å². The predicted octanol–water partition coefficient (Wildman–Crippen LogP) is 3.09. The monoisotopic (exact) mass is 375 g/mol. The van der Waals surface area contributed by atoms with E-state index in [9.17, 15) is 14.0 Å². The fourth-order valence-electron chi connectivity index (χ4n) is 3.10. The summed E-state index contributed by atoms with van der Waals surface area (Å²) in [5, 5.41) is 9.23. The molecule has 3 rings (SSSR count). The number of hydrogen-bond acceptors (Lipinski definition) is 4. The highest BCUT2D eigenvalue weighted by Crippen LogP contribution is 2.26. The molecule has 2 heterocycles. The first kappa shape index (κ1) is 18.5. The van der Waals surface area contributed by atoms with Crippen LogP contribution in [0.15, 0.2) is 35.0 Å². The van der Waals surface area contributed by atoms with Gasteiger partial charge in [-0.1, -0.05) is 6.07 Å². The molecule has 138 valence electrons. The number of thiophene rings is 1. The summed E-state index contributed by atoms with van der Waals surface area (Å²) in [6.45, 7) is 3.98. The fourth-order valence-corrected chi connectivity index (χ4v) is 3.81. The lowest BCUT2D eigenvalue weighted by molar-refractivity contribution is -0.136. The van der Waals surface area contributed by atoms with E-state index in [-0.39, 0.29) is 11.7 Å². The third-order valence-corrected chi connectivity index (χ3v) is 5.30. The maximum atomic E-state index is 13.6. The maximum absolute atomic E-state index is 13.6. The molecule has 1 aliphatic rings. The van der Waals surface area contributed by atoms with Crippen LogP contribution in [0.25, 0.3) is 0 Å². The van der Waals surface area contributed by atoms with Crippen molar-refractivity contribution in [2.75, 3.05) is 25.0 Å². The van der Waals surface area contributed by atoms with Crippen LogP contribution < -0.4 is 10.6 Å². The molecule has 1 fully saturated rings. The second kappa shape index (κ2) is 8.42. The third-order valence-electron chi connectivity index (χ3n) is 4.60. The third kappa shape index (κ3) is 4.47. The van der Waals surface area contributed by atoms with Crippen molar-refractivity contribution in [3.8, 4) is 0 Å². The second-order valence-electron chi connectivity index (χ2n) is 6.44. The Bertz CT molecular complexity index is 773. The molecule has 1 aromatic heterocycles. The molecular formula is C19H22FN3O2S. The molecule has 5 nitrogen and oxygen atoms in total. The lowest BCUT2D eigenvalue weighted by Gasteiger charge is -2.27. The van der Waals surface area contributed by atoms with E-state index in [2.05, 4.69) is 27.0 Å². The van der Waals surface area contributed by atoms with Crippen LogP contribution >= 0.6 is 11.3 Å². The molecule has 2 amide bonds. The molecule has 26 heavy (non-hydrogen) atoms. The van der Waals surface area contributed by atoms with Crippen LogP contribution in [0.1, 0.15) is 30.0 Å². The Hall–Kier alpha value is -2.25. The minimum absolute atomic E-state index is 0.0670. The van der Waals surface area contributed by atoms with E-state index in [1.807, 2.05) is 5.38 Å². The van der Waals surface area contributed by atoms with Crippen LogP contribution in [0.5, 0.6) is 0 Å². The van der Waals surface area contributed by atoms with Gasteiger partial charge in [-0.05, 0) is 72.9 Å². The average molecular weight is 375 g/mol. The molecule has 0 radical (unpaired) electrons. The van der Waals surface area contributed by atoms with Gasteiger partial charge in [0.2, 0.25) is 0 Å². The van der Waals surface area contributed by atoms with E-state index < -0.39 is 17.6 Å². The molecule has 1 aromatic carbocycles. The van der Waals surface area contributed by atoms with Crippen molar-refractivity contribution in [3.63, 3.8) is 0 Å². The first-order chi connectivity index (χ1) is 12.5. The zero-order valence-corrected chi connectivity index (χ0v) is 15.4. The summed E-state index contributed by atoms with van der Waals surface area (Å²) < 4.78 is 13.6. The summed E-state index contributed by atoms with van der Waals surface area (Å²) in [6, 6.07) is 6.45. The van der Waals surface area contributed by atoms with E-state index in [1.165, 1.54) is 6.07 Å². The van der Waals surface area contributed by atoms with Crippen LogP contribution in [0.3, 0.4) is 0 Å². The molecule has 1 atom stereocenters. The van der Waals surface area contributed by atoms with E-state index >= 15 is 0 Å². The lowest BCUT2D eigenvalue weighted by atomic mass is 10.1. The smallest absolute Gasteiger partial charge is 0.313 e. The summed E-state index contributed by atoms with van der Waals surface area (Å²) in [6.07, 6.45) is 2.29. The number of benzene rings is 1. The largest absolute Gasteiger partial charge is 0.346 e. The molecule has 1 aliphatic heterocycles. The van der Waals surface area contributed by atoms with Gasteiger partial charge in [-0.2, -0.15) is 11.3 Å². The average Bonchev–Trinajstić information content (AvgIpc) is 3.32. The van der Waals surface area contributed by atoms with Crippen LogP contribution in [0.2, 0.25) is 0 Å². The number of halogens is 1. The van der Waals surface area contributed by atoms with Gasteiger partial charge >= 0.3 is 11.8 Å². The van der Waals surface area contributed by atoms with Gasteiger partial charge in [-0.15, -0.1) is 0 Å². The Morgan fingerprint density at radius 3 is 2.65 bits per heavy atom. The molecule has 0 bridgehead atoms. The summed E-state index contributed by atoms with van der Waals surface area (Å²) >= 11 is 1.62. The summed E-state index contributed by atoms with van der Waals surface area (Å²) in [5.41, 5.74) is 1.90. The molecule has 0 saturated carbocycles. The number of carbonyl (C=O) groups is 2. The second-order valence-corrected chi connectivity index (χ2v) is 7.22. The van der Waals surface area contributed by atoms with Crippen LogP contribution in [-0.4, -0.2) is 36.3 Å². The quantitative estimate of drug-likeness (QED) is 0.790. The summed E-state index contributed by atoms with van der Waals surface area (Å²) in [4.78, 5) is 26.6. The number of hydrogen-bond donors (Lipinski definition) is 2. The number of amides is 2. The highest BCUT2D eigenvalue weighted by atomic mass is 32.1. The SMILES string of the molecule is Cc1ccc(NC(=O)C(=O)NCC(c2ccsc2)N2CCCC2)cc1F. The van der Waals surface area contributed by atoms with Crippen molar-refractivity contribution in [1.29, 1.82) is 0 Å². The number of likely N-dealkylation sites (tertiary alicyclic amines) is 1. The Labute approximate surface area is 156 Å². The standard InChI is InChI=1S/C19H22FN3O2S/c1-13-4-5-15(10-16(13)20)22-19(25)18(24)21-11-17(14-6-9-26-12-14)23-7-2-3-8-23/h4-6,9-10,12,17H,2-3,7-8,11H2,1H3,(H,21,24)(H,22,25). The van der Waals surface area contributed by atoms with Crippen molar-refractivity contribution in [2.45, 2.75) is 25.8 Å². The number of nitrogens with zero attached hydrogens (tertiary/aromatic N) is 1. The molecular weight excluding hydrogens is 353 g/mol. The van der Waals surface area contributed by atoms with Crippen molar-refractivity contribution in [1.82, 2.24) is 10.2 Å². The zero-order chi connectivity index (χ0) is 18.5. The molecule has 0 spiro atoms. The molecule has 1 saturated heterocycles. The number of anilines is 1. The van der Waals surface area contributed by atoms with E-state index in [1.54, 1.807) is 30.4 Å². The van der Waals surface area contributed by atoms with Gasteiger partial charge in [-0.3, -0.25) is 14.5 Å². The molecule has 2 aromatic rings. The highest BCUT2D eigenvalue weighted by Gasteiger charge is 2.25. The summed E-state index contributed by atoms with van der Waals surface area (Å²) in [5.74, 6) is -1.93. The van der Waals surface area contributed by atoms with Crippen molar-refractivity contribution >= 4 is 28.8 Å². The fraction of sp³-hybridized carbons (Fsp3) is 0.368. The van der Waals surface area contributed by atoms with Gasteiger partial charge in [-0.25, -0.2) is 4.39 Å². The van der Waals surface area contributed by atoms with E-state index in [4.69, 9.17) is 0 Å². The first-order valence-corrected chi connectivity index (χ1v) is 9.60. The van der Waals surface area contributed by atoms with Crippen LogP contribution in [0, 0.1) is 12.7 Å². The Kier molecular flexibility index (Phi) is 6.00. The molecule has 7 heteroatoms. The number of rotatable bonds is 5. The minimum atomic E-state index is -0.793. The van der Waals surface area contributed by atoms with Gasteiger partial charge in [0.15, 0.2) is 0 Å². The van der Waals surface area contributed by atoms with Crippen LogP contribution in [-0.2, 0) is 9.59 Å². The number of aryl methyl sites for hydroxylation is 1. The first-order valence-electron chi connectivity index (χ1n) is 8.66. The Balaban J connectivity index is 1.58. The van der Waals surface area contributed by atoms with Gasteiger partial charge < -0.3 is 10.6 Å². The lowest BCUT2D eigenvalue weighted by Crippen LogP contribution is -2.41. The van der Waals surface area contributed by atoms with Gasteiger partial charge in [0.1, 0.15) is 5.82 Å². The number of nitrogens with one attached hydrogen (secondary N) is 2. The Morgan fingerprint density at radius 1 is 1.23 bits per heavy atom. The maximum Gasteiger partial charge on any atom is 0.313 e. The molecule has 2 N–H and O–H groups in total. The predicted molar refractivity (Wildman–Crippen MR) is 101 cm³/mol. The van der Waals surface area contributed by atoms with Gasteiger partial charge in [0.25, 0.3) is 0 Å². The van der Waals surface area contributed by atoms with E-state index in [0.717, 1.165) is 31.5 Å². The van der Waals surface area contributed by atoms with Gasteiger partial charge in [0, 0.05) is 12.2 Å². The van der Waals surface area contributed by atoms with Crippen LogP contribution in [0.4, 0.5) is 10.1 Å². The minimum Gasteiger partial charge on any atom is -0.346 e. The molecule has 1 unspecified atom stereocenters.